The highest BCUT2D eigenvalue weighted by molar-refractivity contribution is 7.18. The zero-order valence-corrected chi connectivity index (χ0v) is 19.8. The van der Waals surface area contributed by atoms with Crippen molar-refractivity contribution in [2.24, 2.45) is 0 Å². The van der Waals surface area contributed by atoms with Gasteiger partial charge in [-0.3, -0.25) is 9.59 Å². The molecule has 0 atom stereocenters. The van der Waals surface area contributed by atoms with E-state index in [1.165, 1.54) is 4.90 Å². The van der Waals surface area contributed by atoms with E-state index in [4.69, 9.17) is 20.9 Å². The van der Waals surface area contributed by atoms with Crippen LogP contribution in [-0.4, -0.2) is 48.5 Å². The van der Waals surface area contributed by atoms with Crippen LogP contribution in [0.5, 0.6) is 0 Å². The molecule has 2 aromatic heterocycles. The molecule has 0 saturated carbocycles. The van der Waals surface area contributed by atoms with E-state index in [0.29, 0.717) is 21.0 Å². The van der Waals surface area contributed by atoms with Crippen LogP contribution in [0.2, 0.25) is 5.02 Å². The van der Waals surface area contributed by atoms with E-state index in [2.05, 4.69) is 10.5 Å². The number of anilines is 1. The molecular formula is C22H22ClN3O5S. The van der Waals surface area contributed by atoms with Gasteiger partial charge in [0.05, 0.1) is 22.1 Å². The molecule has 1 aromatic carbocycles. The van der Waals surface area contributed by atoms with Gasteiger partial charge in [-0.2, -0.15) is 0 Å². The highest BCUT2D eigenvalue weighted by Gasteiger charge is 2.29. The van der Waals surface area contributed by atoms with Crippen LogP contribution in [0.4, 0.5) is 5.00 Å². The van der Waals surface area contributed by atoms with Crippen LogP contribution in [0, 0.1) is 13.8 Å². The number of hydrogen-bond acceptors (Lipinski definition) is 7. The number of aromatic nitrogens is 1. The first kappa shape index (κ1) is 23.5. The zero-order valence-electron chi connectivity index (χ0n) is 18.2. The number of halogens is 1. The number of rotatable bonds is 6. The molecule has 32 heavy (non-hydrogen) atoms. The molecule has 168 valence electrons. The molecule has 0 spiro atoms. The Morgan fingerprint density at radius 1 is 1.19 bits per heavy atom. The number of amides is 2. The Bertz CT molecular complexity index is 1200. The summed E-state index contributed by atoms with van der Waals surface area (Å²) in [6, 6.07) is 6.95. The molecule has 3 rings (SSSR count). The second-order valence-electron chi connectivity index (χ2n) is 7.08. The maximum Gasteiger partial charge on any atom is 0.341 e. The summed E-state index contributed by atoms with van der Waals surface area (Å²) in [7, 11) is 3.22. The monoisotopic (exact) mass is 475 g/mol. The minimum absolute atomic E-state index is 0.142. The lowest BCUT2D eigenvalue weighted by molar-refractivity contribution is 0.0527. The van der Waals surface area contributed by atoms with Crippen molar-refractivity contribution in [2.75, 3.05) is 26.0 Å². The lowest BCUT2D eigenvalue weighted by Crippen LogP contribution is -2.21. The third kappa shape index (κ3) is 4.39. The molecule has 0 aliphatic carbocycles. The standard InChI is InChI=1S/C22H22ClN3O5S/c1-6-30-22(29)15-11(2)18(21(28)26(4)5)32-20(15)24-19(27)16-12(3)31-25-17(16)13-9-7-8-10-14(13)23/h7-10H,6H2,1-5H3,(H,24,27). The quantitative estimate of drug-likeness (QED) is 0.513. The fourth-order valence-corrected chi connectivity index (χ4v) is 4.54. The van der Waals surface area contributed by atoms with Crippen molar-refractivity contribution in [3.8, 4) is 11.3 Å². The van der Waals surface area contributed by atoms with Gasteiger partial charge in [0, 0.05) is 19.7 Å². The minimum Gasteiger partial charge on any atom is -0.462 e. The number of hydrogen-bond donors (Lipinski definition) is 1. The lowest BCUT2D eigenvalue weighted by Gasteiger charge is -2.09. The Kier molecular flexibility index (Phi) is 7.00. The Morgan fingerprint density at radius 3 is 2.50 bits per heavy atom. The molecule has 0 aliphatic rings. The molecule has 0 fully saturated rings. The number of benzene rings is 1. The van der Waals surface area contributed by atoms with Gasteiger partial charge >= 0.3 is 5.97 Å². The molecule has 2 amide bonds. The predicted molar refractivity (Wildman–Crippen MR) is 123 cm³/mol. The van der Waals surface area contributed by atoms with Gasteiger partial charge in [-0.15, -0.1) is 11.3 Å². The number of carbonyl (C=O) groups is 3. The van der Waals surface area contributed by atoms with Gasteiger partial charge in [0.15, 0.2) is 0 Å². The molecule has 3 aromatic rings. The van der Waals surface area contributed by atoms with Crippen molar-refractivity contribution in [2.45, 2.75) is 20.8 Å². The predicted octanol–water partition coefficient (Wildman–Crippen LogP) is 4.80. The van der Waals surface area contributed by atoms with E-state index in [0.717, 1.165) is 11.3 Å². The van der Waals surface area contributed by atoms with Gasteiger partial charge in [-0.1, -0.05) is 35.0 Å². The molecule has 2 heterocycles. The summed E-state index contributed by atoms with van der Waals surface area (Å²) in [6.45, 7) is 5.09. The molecule has 0 aliphatic heterocycles. The number of ether oxygens (including phenoxy) is 1. The van der Waals surface area contributed by atoms with Crippen LogP contribution in [0.3, 0.4) is 0 Å². The van der Waals surface area contributed by atoms with Crippen molar-refractivity contribution >= 4 is 45.7 Å². The second-order valence-corrected chi connectivity index (χ2v) is 8.50. The van der Waals surface area contributed by atoms with Crippen LogP contribution >= 0.6 is 22.9 Å². The molecule has 0 saturated heterocycles. The first-order valence-corrected chi connectivity index (χ1v) is 10.9. The highest BCUT2D eigenvalue weighted by Crippen LogP contribution is 2.36. The van der Waals surface area contributed by atoms with E-state index in [1.54, 1.807) is 59.1 Å². The van der Waals surface area contributed by atoms with Gasteiger partial charge in [0.2, 0.25) is 0 Å². The summed E-state index contributed by atoms with van der Waals surface area (Å²) in [4.78, 5) is 40.2. The molecule has 0 radical (unpaired) electrons. The molecule has 0 unspecified atom stereocenters. The number of thiophene rings is 1. The number of aryl methyl sites for hydroxylation is 1. The second kappa shape index (κ2) is 9.54. The first-order chi connectivity index (χ1) is 15.2. The van der Waals surface area contributed by atoms with Gasteiger partial charge in [0.25, 0.3) is 11.8 Å². The Hall–Kier alpha value is -3.17. The van der Waals surface area contributed by atoms with Crippen LogP contribution in [0.25, 0.3) is 11.3 Å². The summed E-state index contributed by atoms with van der Waals surface area (Å²) in [6.07, 6.45) is 0. The topological polar surface area (TPSA) is 102 Å². The normalized spacial score (nSPS) is 10.7. The van der Waals surface area contributed by atoms with Gasteiger partial charge in [-0.05, 0) is 32.4 Å². The molecule has 0 bridgehead atoms. The van der Waals surface area contributed by atoms with Crippen molar-refractivity contribution in [1.82, 2.24) is 10.1 Å². The average molecular weight is 476 g/mol. The van der Waals surface area contributed by atoms with Crippen LogP contribution in [-0.2, 0) is 4.74 Å². The fraction of sp³-hybridized carbons (Fsp3) is 0.273. The van der Waals surface area contributed by atoms with E-state index in [1.807, 2.05) is 0 Å². The van der Waals surface area contributed by atoms with Crippen molar-refractivity contribution < 1.29 is 23.6 Å². The van der Waals surface area contributed by atoms with Crippen molar-refractivity contribution in [3.63, 3.8) is 0 Å². The number of carbonyl (C=O) groups excluding carboxylic acids is 3. The SMILES string of the molecule is CCOC(=O)c1c(NC(=O)c2c(-c3ccccc3Cl)noc2C)sc(C(=O)N(C)C)c1C. The summed E-state index contributed by atoms with van der Waals surface area (Å²) in [5, 5.41) is 7.36. The van der Waals surface area contributed by atoms with Crippen LogP contribution < -0.4 is 5.32 Å². The summed E-state index contributed by atoms with van der Waals surface area (Å²) in [5.74, 6) is -1.17. The summed E-state index contributed by atoms with van der Waals surface area (Å²) in [5.41, 5.74) is 1.58. The fourth-order valence-electron chi connectivity index (χ4n) is 3.10. The smallest absolute Gasteiger partial charge is 0.341 e. The molecule has 1 N–H and O–H groups in total. The maximum atomic E-state index is 13.3. The molecule has 10 heteroatoms. The summed E-state index contributed by atoms with van der Waals surface area (Å²) >= 11 is 7.29. The Morgan fingerprint density at radius 2 is 1.88 bits per heavy atom. The van der Waals surface area contributed by atoms with E-state index >= 15 is 0 Å². The first-order valence-electron chi connectivity index (χ1n) is 9.72. The van der Waals surface area contributed by atoms with Crippen LogP contribution in [0.1, 0.15) is 48.6 Å². The highest BCUT2D eigenvalue weighted by atomic mass is 35.5. The maximum absolute atomic E-state index is 13.3. The van der Waals surface area contributed by atoms with Crippen LogP contribution in [0.15, 0.2) is 28.8 Å². The largest absolute Gasteiger partial charge is 0.462 e. The van der Waals surface area contributed by atoms with Crippen molar-refractivity contribution in [1.29, 1.82) is 0 Å². The number of nitrogens with zero attached hydrogens (tertiary/aromatic N) is 2. The Balaban J connectivity index is 2.06. The third-order valence-electron chi connectivity index (χ3n) is 4.67. The van der Waals surface area contributed by atoms with E-state index < -0.39 is 11.9 Å². The average Bonchev–Trinajstić information content (AvgIpc) is 3.27. The molecular weight excluding hydrogens is 454 g/mol. The minimum atomic E-state index is -0.622. The van der Waals surface area contributed by atoms with E-state index in [9.17, 15) is 14.4 Å². The number of nitrogens with one attached hydrogen (secondary N) is 1. The lowest BCUT2D eigenvalue weighted by atomic mass is 10.1. The van der Waals surface area contributed by atoms with Crippen molar-refractivity contribution in [3.05, 3.63) is 56.6 Å². The van der Waals surface area contributed by atoms with E-state index in [-0.39, 0.29) is 40.1 Å². The van der Waals surface area contributed by atoms with Gasteiger partial charge in [-0.25, -0.2) is 4.79 Å². The number of esters is 1. The summed E-state index contributed by atoms with van der Waals surface area (Å²) < 4.78 is 10.4. The molecule has 8 nitrogen and oxygen atoms in total. The zero-order chi connectivity index (χ0) is 23.6. The van der Waals surface area contributed by atoms with Gasteiger partial charge in [0.1, 0.15) is 22.0 Å². The third-order valence-corrected chi connectivity index (χ3v) is 6.20. The van der Waals surface area contributed by atoms with Gasteiger partial charge < -0.3 is 19.5 Å². The Labute approximate surface area is 194 Å².